The van der Waals surface area contributed by atoms with E-state index in [1.807, 2.05) is 0 Å². The van der Waals surface area contributed by atoms with Gasteiger partial charge in [-0.15, -0.1) is 11.3 Å². The molecule has 1 atom stereocenters. The van der Waals surface area contributed by atoms with Gasteiger partial charge in [-0.05, 0) is 43.3 Å². The van der Waals surface area contributed by atoms with Gasteiger partial charge < -0.3 is 10.1 Å². The van der Waals surface area contributed by atoms with E-state index in [4.69, 9.17) is 16.3 Å². The van der Waals surface area contributed by atoms with Crippen LogP contribution in [-0.4, -0.2) is 38.8 Å². The van der Waals surface area contributed by atoms with Crippen LogP contribution in [0.2, 0.25) is 5.02 Å². The van der Waals surface area contributed by atoms with E-state index in [2.05, 4.69) is 5.32 Å². The van der Waals surface area contributed by atoms with E-state index in [0.717, 1.165) is 20.5 Å². The second kappa shape index (κ2) is 8.18. The number of ether oxygens (including phenoxy) is 1. The number of sulfonamides is 1. The lowest BCUT2D eigenvalue weighted by Gasteiger charge is -2.14. The van der Waals surface area contributed by atoms with E-state index in [-0.39, 0.29) is 16.7 Å². The molecule has 0 fully saturated rings. The molecule has 6 nitrogen and oxygen atoms in total. The number of nitrogens with one attached hydrogen (secondary N) is 1. The zero-order chi connectivity index (χ0) is 18.6. The van der Waals surface area contributed by atoms with Crippen LogP contribution in [0.15, 0.2) is 40.6 Å². The first-order valence-electron chi connectivity index (χ1n) is 7.41. The summed E-state index contributed by atoms with van der Waals surface area (Å²) in [5.74, 6) is 0.253. The number of benzene rings is 1. The van der Waals surface area contributed by atoms with Gasteiger partial charge in [-0.3, -0.25) is 4.79 Å². The third-order valence-electron chi connectivity index (χ3n) is 3.30. The average molecular weight is 403 g/mol. The fourth-order valence-electron chi connectivity index (χ4n) is 1.86. The largest absolute Gasteiger partial charge is 0.481 e. The molecular formula is C16H19ClN2O4S2. The Morgan fingerprint density at radius 2 is 1.88 bits per heavy atom. The predicted molar refractivity (Wildman–Crippen MR) is 98.6 cm³/mol. The zero-order valence-electron chi connectivity index (χ0n) is 14.0. The van der Waals surface area contributed by atoms with Gasteiger partial charge in [0.1, 0.15) is 9.96 Å². The highest BCUT2D eigenvalue weighted by Gasteiger charge is 2.20. The zero-order valence-corrected chi connectivity index (χ0v) is 16.4. The summed E-state index contributed by atoms with van der Waals surface area (Å²) in [4.78, 5) is 12.9. The van der Waals surface area contributed by atoms with E-state index < -0.39 is 16.1 Å². The Kier molecular flexibility index (Phi) is 6.45. The maximum Gasteiger partial charge on any atom is 0.261 e. The smallest absolute Gasteiger partial charge is 0.261 e. The summed E-state index contributed by atoms with van der Waals surface area (Å²) in [5.41, 5.74) is 0. The quantitative estimate of drug-likeness (QED) is 0.772. The van der Waals surface area contributed by atoms with E-state index in [9.17, 15) is 13.2 Å². The molecule has 0 aliphatic heterocycles. The molecule has 9 heteroatoms. The minimum absolute atomic E-state index is 0.237. The van der Waals surface area contributed by atoms with Crippen LogP contribution < -0.4 is 10.1 Å². The number of thiophene rings is 1. The molecule has 0 radical (unpaired) electrons. The van der Waals surface area contributed by atoms with E-state index in [0.29, 0.717) is 10.8 Å². The van der Waals surface area contributed by atoms with Crippen LogP contribution in [0.3, 0.4) is 0 Å². The van der Waals surface area contributed by atoms with Gasteiger partial charge in [-0.2, -0.15) is 0 Å². The molecular weight excluding hydrogens is 384 g/mol. The standard InChI is InChI=1S/C16H19ClN2O4S2/c1-11(23-13-6-4-12(17)5-7-13)16(20)18-10-14-8-9-15(24-14)25(21,22)19(2)3/h4-9,11H,10H2,1-3H3,(H,18,20). The molecule has 0 saturated carbocycles. The van der Waals surface area contributed by atoms with Gasteiger partial charge in [0.2, 0.25) is 0 Å². The normalized spacial score (nSPS) is 12.8. The van der Waals surface area contributed by atoms with Crippen LogP contribution in [0.25, 0.3) is 0 Å². The summed E-state index contributed by atoms with van der Waals surface area (Å²) in [6.07, 6.45) is -0.689. The summed E-state index contributed by atoms with van der Waals surface area (Å²) >= 11 is 6.93. The molecule has 0 aliphatic carbocycles. The predicted octanol–water partition coefficient (Wildman–Crippen LogP) is 2.74. The minimum Gasteiger partial charge on any atom is -0.481 e. The molecule has 0 aliphatic rings. The second-order valence-corrected chi connectivity index (χ2v) is 9.42. The highest BCUT2D eigenvalue weighted by atomic mass is 35.5. The van der Waals surface area contributed by atoms with Crippen molar-refractivity contribution in [3.8, 4) is 5.75 Å². The molecule has 25 heavy (non-hydrogen) atoms. The molecule has 1 aromatic carbocycles. The lowest BCUT2D eigenvalue weighted by Crippen LogP contribution is -2.35. The first-order chi connectivity index (χ1) is 11.7. The fraction of sp³-hybridized carbons (Fsp3) is 0.312. The Morgan fingerprint density at radius 1 is 1.24 bits per heavy atom. The molecule has 0 spiro atoms. The molecule has 0 saturated heterocycles. The summed E-state index contributed by atoms with van der Waals surface area (Å²) in [5, 5.41) is 3.32. The first kappa shape index (κ1) is 19.7. The Balaban J connectivity index is 1.91. The monoisotopic (exact) mass is 402 g/mol. The number of hydrogen-bond donors (Lipinski definition) is 1. The Labute approximate surface area is 156 Å². The minimum atomic E-state index is -3.45. The maximum absolute atomic E-state index is 12.1. The van der Waals surface area contributed by atoms with E-state index >= 15 is 0 Å². The number of hydrogen-bond acceptors (Lipinski definition) is 5. The molecule has 2 rings (SSSR count). The highest BCUT2D eigenvalue weighted by molar-refractivity contribution is 7.91. The molecule has 1 N–H and O–H groups in total. The lowest BCUT2D eigenvalue weighted by molar-refractivity contribution is -0.127. The van der Waals surface area contributed by atoms with Crippen LogP contribution in [0.1, 0.15) is 11.8 Å². The fourth-order valence-corrected chi connectivity index (χ4v) is 4.45. The first-order valence-corrected chi connectivity index (χ1v) is 10.0. The van der Waals surface area contributed by atoms with E-state index in [1.165, 1.54) is 20.2 Å². The molecule has 136 valence electrons. The van der Waals surface area contributed by atoms with Crippen LogP contribution in [0, 0.1) is 0 Å². The lowest BCUT2D eigenvalue weighted by atomic mass is 10.3. The number of carbonyl (C=O) groups is 1. The van der Waals surface area contributed by atoms with Crippen molar-refractivity contribution in [1.82, 2.24) is 9.62 Å². The number of amides is 1. The molecule has 0 bridgehead atoms. The number of carbonyl (C=O) groups excluding carboxylic acids is 1. The van der Waals surface area contributed by atoms with Crippen molar-refractivity contribution in [1.29, 1.82) is 0 Å². The highest BCUT2D eigenvalue weighted by Crippen LogP contribution is 2.23. The molecule has 1 heterocycles. The van der Waals surface area contributed by atoms with Crippen LogP contribution >= 0.6 is 22.9 Å². The molecule has 1 aromatic heterocycles. The average Bonchev–Trinajstić information content (AvgIpc) is 3.04. The van der Waals surface area contributed by atoms with Crippen molar-refractivity contribution in [3.63, 3.8) is 0 Å². The van der Waals surface area contributed by atoms with Gasteiger partial charge in [0.15, 0.2) is 6.10 Å². The van der Waals surface area contributed by atoms with Gasteiger partial charge in [-0.25, -0.2) is 12.7 Å². The molecule has 2 aromatic rings. The van der Waals surface area contributed by atoms with Crippen molar-refractivity contribution < 1.29 is 17.9 Å². The number of nitrogens with zero attached hydrogens (tertiary/aromatic N) is 1. The third-order valence-corrected chi connectivity index (χ3v) is 6.92. The van der Waals surface area contributed by atoms with Crippen molar-refractivity contribution >= 4 is 38.9 Å². The Morgan fingerprint density at radius 3 is 2.48 bits per heavy atom. The summed E-state index contributed by atoms with van der Waals surface area (Å²) in [6.45, 7) is 1.88. The molecule has 1 amide bonds. The molecule has 1 unspecified atom stereocenters. The van der Waals surface area contributed by atoms with Crippen molar-refractivity contribution in [2.75, 3.05) is 14.1 Å². The summed E-state index contributed by atoms with van der Waals surface area (Å²) in [7, 11) is -0.495. The van der Waals surface area contributed by atoms with Gasteiger partial charge in [0.25, 0.3) is 15.9 Å². The van der Waals surface area contributed by atoms with E-state index in [1.54, 1.807) is 37.3 Å². The van der Waals surface area contributed by atoms with Crippen LogP contribution in [0.4, 0.5) is 0 Å². The number of rotatable bonds is 7. The van der Waals surface area contributed by atoms with Gasteiger partial charge in [0.05, 0.1) is 6.54 Å². The van der Waals surface area contributed by atoms with Crippen molar-refractivity contribution in [2.45, 2.75) is 23.8 Å². The topological polar surface area (TPSA) is 75.7 Å². The summed E-state index contributed by atoms with van der Waals surface area (Å²) < 4.78 is 31.0. The van der Waals surface area contributed by atoms with Crippen molar-refractivity contribution in [3.05, 3.63) is 46.3 Å². The second-order valence-electron chi connectivity index (χ2n) is 5.44. The maximum atomic E-state index is 12.1. The SMILES string of the molecule is CC(Oc1ccc(Cl)cc1)C(=O)NCc1ccc(S(=O)(=O)N(C)C)s1. The van der Waals surface area contributed by atoms with Gasteiger partial charge >= 0.3 is 0 Å². The number of halogens is 1. The van der Waals surface area contributed by atoms with Gasteiger partial charge in [0, 0.05) is 24.0 Å². The van der Waals surface area contributed by atoms with Crippen LogP contribution in [0.5, 0.6) is 5.75 Å². The van der Waals surface area contributed by atoms with Gasteiger partial charge in [-0.1, -0.05) is 11.6 Å². The Hall–Kier alpha value is -1.61. The van der Waals surface area contributed by atoms with Crippen molar-refractivity contribution in [2.24, 2.45) is 0 Å². The van der Waals surface area contributed by atoms with Crippen LogP contribution in [-0.2, 0) is 21.4 Å². The Bertz CT molecular complexity index is 832. The summed E-state index contributed by atoms with van der Waals surface area (Å²) in [6, 6.07) is 9.95. The third kappa shape index (κ3) is 5.18.